The molecule has 0 aromatic carbocycles. The first-order valence-electron chi connectivity index (χ1n) is 6.73. The van der Waals surface area contributed by atoms with Crippen LogP contribution in [0.25, 0.3) is 0 Å². The van der Waals surface area contributed by atoms with Gasteiger partial charge in [0.1, 0.15) is 0 Å². The molecule has 1 aliphatic rings. The van der Waals surface area contributed by atoms with E-state index in [4.69, 9.17) is 10.5 Å². The molecule has 1 heterocycles. The van der Waals surface area contributed by atoms with Crippen molar-refractivity contribution in [1.82, 2.24) is 0 Å². The molecular formula is C14H29NO. The largest absolute Gasteiger partial charge is 0.376 e. The Labute approximate surface area is 101 Å². The predicted octanol–water partition coefficient (Wildman–Crippen LogP) is 3.35. The number of ether oxygens (including phenoxy) is 1. The highest BCUT2D eigenvalue weighted by atomic mass is 16.5. The molecule has 0 aromatic rings. The Morgan fingerprint density at radius 1 is 1.25 bits per heavy atom. The number of hydrogen-bond acceptors (Lipinski definition) is 2. The lowest BCUT2D eigenvalue weighted by Gasteiger charge is -2.45. The fourth-order valence-electron chi connectivity index (χ4n) is 3.04. The van der Waals surface area contributed by atoms with E-state index in [0.717, 1.165) is 25.5 Å². The van der Waals surface area contributed by atoms with Gasteiger partial charge in [0.05, 0.1) is 5.60 Å². The first-order chi connectivity index (χ1) is 7.39. The molecule has 0 radical (unpaired) electrons. The van der Waals surface area contributed by atoms with Crippen molar-refractivity contribution < 1.29 is 4.74 Å². The van der Waals surface area contributed by atoms with E-state index >= 15 is 0 Å². The van der Waals surface area contributed by atoms with E-state index in [1.807, 2.05) is 0 Å². The molecule has 2 N–H and O–H groups in total. The van der Waals surface area contributed by atoms with Crippen molar-refractivity contribution in [3.05, 3.63) is 0 Å². The Bertz CT molecular complexity index is 209. The third kappa shape index (κ3) is 4.06. The van der Waals surface area contributed by atoms with Gasteiger partial charge in [0.25, 0.3) is 0 Å². The summed E-state index contributed by atoms with van der Waals surface area (Å²) in [7, 11) is 0. The number of nitrogens with two attached hydrogens (primary N) is 1. The van der Waals surface area contributed by atoms with E-state index in [9.17, 15) is 0 Å². The topological polar surface area (TPSA) is 35.2 Å². The lowest BCUT2D eigenvalue weighted by molar-refractivity contribution is -0.110. The van der Waals surface area contributed by atoms with Gasteiger partial charge in [-0.1, -0.05) is 20.3 Å². The van der Waals surface area contributed by atoms with Crippen LogP contribution < -0.4 is 5.73 Å². The summed E-state index contributed by atoms with van der Waals surface area (Å²) >= 11 is 0. The quantitative estimate of drug-likeness (QED) is 0.781. The van der Waals surface area contributed by atoms with Crippen LogP contribution in [0.15, 0.2) is 0 Å². The molecule has 1 atom stereocenters. The molecule has 0 unspecified atom stereocenters. The second kappa shape index (κ2) is 5.50. The Hall–Kier alpha value is -0.0800. The van der Waals surface area contributed by atoms with E-state index < -0.39 is 0 Å². The first-order valence-corrected chi connectivity index (χ1v) is 6.73. The van der Waals surface area contributed by atoms with Crippen LogP contribution >= 0.6 is 0 Å². The zero-order chi connectivity index (χ0) is 12.2. The molecule has 0 bridgehead atoms. The van der Waals surface area contributed by atoms with Gasteiger partial charge in [-0.2, -0.15) is 0 Å². The summed E-state index contributed by atoms with van der Waals surface area (Å²) in [6, 6.07) is 0. The van der Waals surface area contributed by atoms with E-state index in [1.165, 1.54) is 25.7 Å². The summed E-state index contributed by atoms with van der Waals surface area (Å²) in [4.78, 5) is 0. The lowest BCUT2D eigenvalue weighted by atomic mass is 9.68. The molecule has 2 heteroatoms. The molecule has 0 saturated carbocycles. The van der Waals surface area contributed by atoms with E-state index in [1.54, 1.807) is 0 Å². The molecule has 0 aliphatic carbocycles. The molecule has 1 aliphatic heterocycles. The summed E-state index contributed by atoms with van der Waals surface area (Å²) in [5.41, 5.74) is 6.29. The monoisotopic (exact) mass is 227 g/mol. The maximum Gasteiger partial charge on any atom is 0.0631 e. The van der Waals surface area contributed by atoms with Gasteiger partial charge in [0.2, 0.25) is 0 Å². The molecule has 16 heavy (non-hydrogen) atoms. The zero-order valence-electron chi connectivity index (χ0n) is 11.5. The molecule has 0 amide bonds. The first kappa shape index (κ1) is 14.0. The van der Waals surface area contributed by atoms with E-state index in [-0.39, 0.29) is 5.60 Å². The average molecular weight is 227 g/mol. The Morgan fingerprint density at radius 2 is 1.94 bits per heavy atom. The number of rotatable bonds is 5. The average Bonchev–Trinajstić information content (AvgIpc) is 2.14. The van der Waals surface area contributed by atoms with Crippen LogP contribution in [0.3, 0.4) is 0 Å². The molecule has 0 aromatic heterocycles. The second-order valence-electron chi connectivity index (χ2n) is 6.51. The van der Waals surface area contributed by atoms with Crippen molar-refractivity contribution in [1.29, 1.82) is 0 Å². The fourth-order valence-corrected chi connectivity index (χ4v) is 3.04. The maximum atomic E-state index is 5.83. The summed E-state index contributed by atoms with van der Waals surface area (Å²) < 4.78 is 5.83. The smallest absolute Gasteiger partial charge is 0.0631 e. The van der Waals surface area contributed by atoms with Crippen LogP contribution in [0.2, 0.25) is 0 Å². The maximum absolute atomic E-state index is 5.83. The van der Waals surface area contributed by atoms with E-state index in [2.05, 4.69) is 27.7 Å². The van der Waals surface area contributed by atoms with Crippen molar-refractivity contribution in [2.24, 2.45) is 17.1 Å². The van der Waals surface area contributed by atoms with Crippen LogP contribution in [-0.2, 0) is 4.74 Å². The van der Waals surface area contributed by atoms with Crippen molar-refractivity contribution in [2.75, 3.05) is 13.2 Å². The summed E-state index contributed by atoms with van der Waals surface area (Å²) in [5.74, 6) is 0.792. The van der Waals surface area contributed by atoms with Crippen LogP contribution in [0, 0.1) is 11.3 Å². The second-order valence-corrected chi connectivity index (χ2v) is 6.51. The van der Waals surface area contributed by atoms with Gasteiger partial charge in [0, 0.05) is 6.61 Å². The molecular weight excluding hydrogens is 198 g/mol. The molecule has 0 spiro atoms. The van der Waals surface area contributed by atoms with Gasteiger partial charge in [-0.15, -0.1) is 0 Å². The molecule has 96 valence electrons. The Morgan fingerprint density at radius 3 is 2.44 bits per heavy atom. The molecule has 2 nitrogen and oxygen atoms in total. The lowest BCUT2D eigenvalue weighted by Crippen LogP contribution is -2.42. The zero-order valence-corrected chi connectivity index (χ0v) is 11.5. The van der Waals surface area contributed by atoms with Gasteiger partial charge in [-0.3, -0.25) is 0 Å². The van der Waals surface area contributed by atoms with Crippen molar-refractivity contribution in [2.45, 2.75) is 65.4 Å². The van der Waals surface area contributed by atoms with Crippen LogP contribution in [0.4, 0.5) is 0 Å². The van der Waals surface area contributed by atoms with Gasteiger partial charge >= 0.3 is 0 Å². The Balaban J connectivity index is 2.63. The third-order valence-corrected chi connectivity index (χ3v) is 3.85. The SMILES string of the molecule is CC(C)CC[C@@]1(CCN)CCOC(C)(C)C1. The minimum atomic E-state index is 0.0460. The van der Waals surface area contributed by atoms with Gasteiger partial charge in [0.15, 0.2) is 0 Å². The van der Waals surface area contributed by atoms with Crippen molar-refractivity contribution in [3.8, 4) is 0 Å². The predicted molar refractivity (Wildman–Crippen MR) is 69.4 cm³/mol. The fraction of sp³-hybridized carbons (Fsp3) is 1.00. The normalized spacial score (nSPS) is 29.6. The Kier molecular flexibility index (Phi) is 4.81. The highest BCUT2D eigenvalue weighted by molar-refractivity contribution is 4.90. The summed E-state index contributed by atoms with van der Waals surface area (Å²) in [5, 5.41) is 0. The van der Waals surface area contributed by atoms with Crippen molar-refractivity contribution >= 4 is 0 Å². The van der Waals surface area contributed by atoms with Crippen molar-refractivity contribution in [3.63, 3.8) is 0 Å². The molecule has 1 rings (SSSR count). The van der Waals surface area contributed by atoms with Gasteiger partial charge in [-0.05, 0) is 57.4 Å². The molecule has 1 fully saturated rings. The highest BCUT2D eigenvalue weighted by Crippen LogP contribution is 2.45. The third-order valence-electron chi connectivity index (χ3n) is 3.85. The van der Waals surface area contributed by atoms with E-state index in [0.29, 0.717) is 5.41 Å². The van der Waals surface area contributed by atoms with Gasteiger partial charge < -0.3 is 10.5 Å². The number of hydrogen-bond donors (Lipinski definition) is 1. The highest BCUT2D eigenvalue weighted by Gasteiger charge is 2.39. The molecule has 1 saturated heterocycles. The van der Waals surface area contributed by atoms with Crippen LogP contribution in [0.5, 0.6) is 0 Å². The van der Waals surface area contributed by atoms with Crippen LogP contribution in [0.1, 0.15) is 59.8 Å². The summed E-state index contributed by atoms with van der Waals surface area (Å²) in [6.45, 7) is 10.8. The van der Waals surface area contributed by atoms with Crippen LogP contribution in [-0.4, -0.2) is 18.8 Å². The standard InChI is InChI=1S/C14H29NO/c1-12(2)5-6-14(7-9-15)8-10-16-13(3,4)11-14/h12H,5-11,15H2,1-4H3/t14-/m1/s1. The summed E-state index contributed by atoms with van der Waals surface area (Å²) in [6.07, 6.45) is 6.15. The van der Waals surface area contributed by atoms with Gasteiger partial charge in [-0.25, -0.2) is 0 Å². The minimum Gasteiger partial charge on any atom is -0.376 e. The minimum absolute atomic E-state index is 0.0460.